The summed E-state index contributed by atoms with van der Waals surface area (Å²) in [6.07, 6.45) is 3.36. The van der Waals surface area contributed by atoms with Crippen LogP contribution in [0.4, 0.5) is 13.2 Å². The number of alkyl halides is 3. The molecule has 0 unspecified atom stereocenters. The number of nitrogens with two attached hydrogens (primary N) is 1. The van der Waals surface area contributed by atoms with Crippen LogP contribution in [0.3, 0.4) is 0 Å². The summed E-state index contributed by atoms with van der Waals surface area (Å²) in [6.45, 7) is 2.10. The summed E-state index contributed by atoms with van der Waals surface area (Å²) < 4.78 is 52.4. The van der Waals surface area contributed by atoms with Gasteiger partial charge in [-0.15, -0.1) is 0 Å². The normalized spacial score (nSPS) is 19.8. The van der Waals surface area contributed by atoms with E-state index in [-0.39, 0.29) is 35.6 Å². The summed E-state index contributed by atoms with van der Waals surface area (Å²) in [7, 11) is 0. The Kier molecular flexibility index (Phi) is 7.61. The molecule has 1 aromatic carbocycles. The zero-order valence-electron chi connectivity index (χ0n) is 19.7. The number of aromatic nitrogens is 2. The largest absolute Gasteiger partial charge is 0.493 e. The average Bonchev–Trinajstić information content (AvgIpc) is 3.49. The minimum atomic E-state index is -4.59. The number of aliphatic imine (C=N–C) groups is 1. The van der Waals surface area contributed by atoms with Gasteiger partial charge in [0.2, 0.25) is 17.6 Å². The molecular formula is C24H30F3N5O3. The average molecular weight is 494 g/mol. The predicted octanol–water partition coefficient (Wildman–Crippen LogP) is 5.10. The molecular weight excluding hydrogens is 463 g/mol. The first-order valence-corrected chi connectivity index (χ1v) is 12.0. The molecule has 2 fully saturated rings. The fourth-order valence-electron chi connectivity index (χ4n) is 4.84. The van der Waals surface area contributed by atoms with Gasteiger partial charge in [0, 0.05) is 19.0 Å². The third kappa shape index (κ3) is 6.12. The molecule has 1 aliphatic carbocycles. The molecule has 1 saturated carbocycles. The highest BCUT2D eigenvalue weighted by Crippen LogP contribution is 2.39. The lowest BCUT2D eigenvalue weighted by Crippen LogP contribution is -2.37. The molecule has 0 bridgehead atoms. The second kappa shape index (κ2) is 10.7. The lowest BCUT2D eigenvalue weighted by atomic mass is 9.87. The van der Waals surface area contributed by atoms with Crippen LogP contribution in [0.1, 0.15) is 75.8 Å². The van der Waals surface area contributed by atoms with E-state index in [1.165, 1.54) is 38.3 Å². The Hall–Kier alpha value is -3.11. The summed E-state index contributed by atoms with van der Waals surface area (Å²) >= 11 is 0. The summed E-state index contributed by atoms with van der Waals surface area (Å²) in [5.41, 5.74) is 5.22. The van der Waals surface area contributed by atoms with Gasteiger partial charge < -0.3 is 19.9 Å². The summed E-state index contributed by atoms with van der Waals surface area (Å²) in [6, 6.07) is 3.40. The van der Waals surface area contributed by atoms with Gasteiger partial charge in [0.05, 0.1) is 12.2 Å². The van der Waals surface area contributed by atoms with Crippen molar-refractivity contribution in [2.24, 2.45) is 16.6 Å². The number of likely N-dealkylation sites (tertiary alicyclic amines) is 1. The summed E-state index contributed by atoms with van der Waals surface area (Å²) in [5, 5.41) is 3.89. The highest BCUT2D eigenvalue weighted by molar-refractivity contribution is 5.91. The Morgan fingerprint density at radius 2 is 2.00 bits per heavy atom. The van der Waals surface area contributed by atoms with E-state index in [2.05, 4.69) is 15.1 Å². The molecule has 0 spiro atoms. The van der Waals surface area contributed by atoms with Crippen LogP contribution in [0.15, 0.2) is 27.7 Å². The minimum Gasteiger partial charge on any atom is -0.493 e. The number of benzene rings is 1. The molecule has 1 aliphatic heterocycles. The molecule has 2 N–H and O–H groups in total. The third-order valence-corrected chi connectivity index (χ3v) is 6.60. The monoisotopic (exact) mass is 493 g/mol. The SMILES string of the molecule is CC(=O)N=C(N)N1CCC[C@H]1c1nc(-c2ccc(OCCC3CCCCC3)c(C(F)(F)F)c2)no1. The Morgan fingerprint density at radius 1 is 1.23 bits per heavy atom. The number of halogens is 3. The van der Waals surface area contributed by atoms with E-state index in [0.717, 1.165) is 31.7 Å². The summed E-state index contributed by atoms with van der Waals surface area (Å²) in [5.74, 6) is 0.179. The highest BCUT2D eigenvalue weighted by atomic mass is 19.4. The van der Waals surface area contributed by atoms with Gasteiger partial charge in [-0.1, -0.05) is 37.3 Å². The van der Waals surface area contributed by atoms with Crippen molar-refractivity contribution in [1.29, 1.82) is 0 Å². The quantitative estimate of drug-likeness (QED) is 0.441. The molecule has 4 rings (SSSR count). The number of rotatable bonds is 6. The van der Waals surface area contributed by atoms with E-state index in [1.54, 1.807) is 4.90 Å². The predicted molar refractivity (Wildman–Crippen MR) is 122 cm³/mol. The number of nitrogens with zero attached hydrogens (tertiary/aromatic N) is 4. The molecule has 2 aromatic rings. The lowest BCUT2D eigenvalue weighted by molar-refractivity contribution is -0.139. The van der Waals surface area contributed by atoms with E-state index in [1.807, 2.05) is 0 Å². The number of hydrogen-bond donors (Lipinski definition) is 1. The molecule has 11 heteroatoms. The number of guanidine groups is 1. The third-order valence-electron chi connectivity index (χ3n) is 6.60. The van der Waals surface area contributed by atoms with Gasteiger partial charge in [-0.25, -0.2) is 0 Å². The highest BCUT2D eigenvalue weighted by Gasteiger charge is 2.36. The van der Waals surface area contributed by atoms with E-state index in [4.69, 9.17) is 15.0 Å². The first-order valence-electron chi connectivity index (χ1n) is 12.0. The zero-order chi connectivity index (χ0) is 25.0. The van der Waals surface area contributed by atoms with Gasteiger partial charge in [-0.2, -0.15) is 23.1 Å². The van der Waals surface area contributed by atoms with Crippen LogP contribution in [-0.2, 0) is 11.0 Å². The molecule has 1 saturated heterocycles. The standard InChI is InChI=1S/C24H30F3N5O3/c1-15(33)29-23(28)32-12-5-8-19(32)22-30-21(31-35-22)17-9-10-20(18(14-17)24(25,26)27)34-13-11-16-6-3-2-4-7-16/h9-10,14,16,19H,2-8,11-13H2,1H3,(H2,28,29,33)/t19-/m0/s1. The van der Waals surface area contributed by atoms with Gasteiger partial charge in [0.15, 0.2) is 5.96 Å². The lowest BCUT2D eigenvalue weighted by Gasteiger charge is -2.22. The van der Waals surface area contributed by atoms with Crippen molar-refractivity contribution in [2.45, 2.75) is 70.5 Å². The van der Waals surface area contributed by atoms with E-state index >= 15 is 0 Å². The van der Waals surface area contributed by atoms with E-state index in [9.17, 15) is 18.0 Å². The zero-order valence-corrected chi connectivity index (χ0v) is 19.7. The summed E-state index contributed by atoms with van der Waals surface area (Å²) in [4.78, 5) is 21.0. The van der Waals surface area contributed by atoms with Gasteiger partial charge in [-0.05, 0) is 43.4 Å². The van der Waals surface area contributed by atoms with Crippen molar-refractivity contribution in [2.75, 3.05) is 13.2 Å². The van der Waals surface area contributed by atoms with Crippen LogP contribution in [0.5, 0.6) is 5.75 Å². The van der Waals surface area contributed by atoms with Crippen LogP contribution in [0.2, 0.25) is 0 Å². The Labute approximate surface area is 201 Å². The fraction of sp³-hybridized carbons (Fsp3) is 0.583. The first-order chi connectivity index (χ1) is 16.7. The van der Waals surface area contributed by atoms with Gasteiger partial charge in [-0.3, -0.25) is 4.79 Å². The number of carbonyl (C=O) groups is 1. The Morgan fingerprint density at radius 3 is 2.71 bits per heavy atom. The van der Waals surface area contributed by atoms with Crippen LogP contribution in [-0.4, -0.2) is 40.1 Å². The van der Waals surface area contributed by atoms with Crippen molar-refractivity contribution >= 4 is 11.9 Å². The van der Waals surface area contributed by atoms with Gasteiger partial charge in [0.1, 0.15) is 11.8 Å². The second-order valence-electron chi connectivity index (χ2n) is 9.15. The van der Waals surface area contributed by atoms with Gasteiger partial charge >= 0.3 is 6.18 Å². The van der Waals surface area contributed by atoms with Crippen molar-refractivity contribution < 1.29 is 27.2 Å². The molecule has 35 heavy (non-hydrogen) atoms. The number of hydrogen-bond acceptors (Lipinski definition) is 5. The van der Waals surface area contributed by atoms with Crippen LogP contribution >= 0.6 is 0 Å². The molecule has 0 radical (unpaired) electrons. The maximum absolute atomic E-state index is 13.8. The van der Waals surface area contributed by atoms with Crippen LogP contribution in [0.25, 0.3) is 11.4 Å². The van der Waals surface area contributed by atoms with E-state index in [0.29, 0.717) is 18.9 Å². The first kappa shape index (κ1) is 25.0. The maximum atomic E-state index is 13.8. The van der Waals surface area contributed by atoms with Crippen LogP contribution < -0.4 is 10.5 Å². The van der Waals surface area contributed by atoms with Crippen LogP contribution in [0, 0.1) is 5.92 Å². The van der Waals surface area contributed by atoms with E-state index < -0.39 is 23.7 Å². The fourth-order valence-corrected chi connectivity index (χ4v) is 4.84. The molecule has 1 atom stereocenters. The minimum absolute atomic E-state index is 0.0354. The smallest absolute Gasteiger partial charge is 0.419 e. The number of amides is 1. The Bertz CT molecular complexity index is 1060. The van der Waals surface area contributed by atoms with Crippen molar-refractivity contribution in [3.05, 3.63) is 29.7 Å². The van der Waals surface area contributed by atoms with Crippen molar-refractivity contribution in [1.82, 2.24) is 15.0 Å². The molecule has 2 heterocycles. The molecule has 8 nitrogen and oxygen atoms in total. The number of ether oxygens (including phenoxy) is 1. The molecule has 190 valence electrons. The maximum Gasteiger partial charge on any atom is 0.419 e. The van der Waals surface area contributed by atoms with Crippen molar-refractivity contribution in [3.63, 3.8) is 0 Å². The van der Waals surface area contributed by atoms with Gasteiger partial charge in [0.25, 0.3) is 0 Å². The van der Waals surface area contributed by atoms with Crippen molar-refractivity contribution in [3.8, 4) is 17.1 Å². The Balaban J connectivity index is 1.50. The second-order valence-corrected chi connectivity index (χ2v) is 9.15. The topological polar surface area (TPSA) is 107 Å². The molecule has 1 amide bonds. The molecule has 1 aromatic heterocycles. The molecule has 2 aliphatic rings. The number of carbonyl (C=O) groups excluding carboxylic acids is 1.